The Labute approximate surface area is 150 Å². The van der Waals surface area contributed by atoms with Gasteiger partial charge < -0.3 is 4.90 Å². The fraction of sp³-hybridized carbons (Fsp3) is 0.500. The van der Waals surface area contributed by atoms with Crippen LogP contribution in [0.25, 0.3) is 0 Å². The van der Waals surface area contributed by atoms with E-state index in [1.165, 1.54) is 18.2 Å². The van der Waals surface area contributed by atoms with Crippen molar-refractivity contribution in [2.24, 2.45) is 0 Å². The van der Waals surface area contributed by atoms with Crippen LogP contribution in [0.3, 0.4) is 0 Å². The summed E-state index contributed by atoms with van der Waals surface area (Å²) >= 11 is 5.88. The van der Waals surface area contributed by atoms with Gasteiger partial charge >= 0.3 is 0 Å². The number of hydrogen-bond acceptors (Lipinski definition) is 5. The molecule has 0 radical (unpaired) electrons. The van der Waals surface area contributed by atoms with E-state index in [-0.39, 0.29) is 17.5 Å². The zero-order valence-electron chi connectivity index (χ0n) is 14.2. The molecule has 2 aromatic rings. The Hall–Kier alpha value is -2.06. The maximum absolute atomic E-state index is 13.9. The third-order valence-electron chi connectivity index (χ3n) is 4.23. The van der Waals surface area contributed by atoms with Gasteiger partial charge in [0, 0.05) is 31.2 Å². The lowest BCUT2D eigenvalue weighted by molar-refractivity contribution is 0.0618. The smallest absolute Gasteiger partial charge is 0.256 e. The minimum absolute atomic E-state index is 0.0182. The number of hydrogen-bond donors (Lipinski definition) is 0. The predicted molar refractivity (Wildman–Crippen MR) is 90.8 cm³/mol. The van der Waals surface area contributed by atoms with Crippen LogP contribution in [-0.4, -0.2) is 62.1 Å². The van der Waals surface area contributed by atoms with Crippen LogP contribution in [0.15, 0.2) is 18.2 Å². The van der Waals surface area contributed by atoms with E-state index in [9.17, 15) is 9.18 Å². The molecular weight excluding hydrogens is 347 g/mol. The van der Waals surface area contributed by atoms with Gasteiger partial charge in [-0.15, -0.1) is 5.10 Å². The average molecular weight is 367 g/mol. The zero-order valence-corrected chi connectivity index (χ0v) is 14.9. The van der Waals surface area contributed by atoms with Crippen molar-refractivity contribution in [2.75, 3.05) is 26.2 Å². The van der Waals surface area contributed by atoms with Gasteiger partial charge in [0.05, 0.1) is 18.2 Å². The Morgan fingerprint density at radius 2 is 2.00 bits per heavy atom. The minimum atomic E-state index is -0.548. The molecule has 25 heavy (non-hydrogen) atoms. The van der Waals surface area contributed by atoms with Gasteiger partial charge in [-0.3, -0.25) is 9.69 Å². The molecule has 1 saturated heterocycles. The Morgan fingerprint density at radius 1 is 1.28 bits per heavy atom. The SMILES string of the molecule is CC(C)n1nnnc1CN1CCN(C(=O)c2cc(Cl)ccc2F)CC1. The molecule has 3 rings (SSSR count). The second-order valence-electron chi connectivity index (χ2n) is 6.33. The third-order valence-corrected chi connectivity index (χ3v) is 4.47. The van der Waals surface area contributed by atoms with E-state index in [2.05, 4.69) is 20.4 Å². The number of carbonyl (C=O) groups is 1. The van der Waals surface area contributed by atoms with E-state index >= 15 is 0 Å². The fourth-order valence-corrected chi connectivity index (χ4v) is 3.03. The molecule has 1 aliphatic rings. The Bertz CT molecular complexity index is 757. The summed E-state index contributed by atoms with van der Waals surface area (Å²) in [4.78, 5) is 16.3. The molecule has 0 aliphatic carbocycles. The molecule has 1 amide bonds. The first-order valence-corrected chi connectivity index (χ1v) is 8.57. The van der Waals surface area contributed by atoms with Gasteiger partial charge in [-0.2, -0.15) is 0 Å². The lowest BCUT2D eigenvalue weighted by atomic mass is 10.1. The number of aromatic nitrogens is 4. The molecule has 2 heterocycles. The summed E-state index contributed by atoms with van der Waals surface area (Å²) in [5, 5.41) is 12.1. The van der Waals surface area contributed by atoms with E-state index in [0.29, 0.717) is 37.7 Å². The molecule has 7 nitrogen and oxygen atoms in total. The van der Waals surface area contributed by atoms with Crippen molar-refractivity contribution >= 4 is 17.5 Å². The number of benzene rings is 1. The number of piperazine rings is 1. The number of rotatable bonds is 4. The average Bonchev–Trinajstić information content (AvgIpc) is 3.05. The molecular formula is C16H20ClFN6O. The first kappa shape index (κ1) is 17.8. The van der Waals surface area contributed by atoms with Crippen molar-refractivity contribution in [3.8, 4) is 0 Å². The van der Waals surface area contributed by atoms with E-state index in [4.69, 9.17) is 11.6 Å². The van der Waals surface area contributed by atoms with Crippen LogP contribution >= 0.6 is 11.6 Å². The van der Waals surface area contributed by atoms with Gasteiger partial charge in [0.1, 0.15) is 5.82 Å². The number of halogens is 2. The summed E-state index contributed by atoms with van der Waals surface area (Å²) < 4.78 is 15.7. The summed E-state index contributed by atoms with van der Waals surface area (Å²) in [6.07, 6.45) is 0. The van der Waals surface area contributed by atoms with Gasteiger partial charge in [-0.25, -0.2) is 9.07 Å². The lowest BCUT2D eigenvalue weighted by Crippen LogP contribution is -2.48. The topological polar surface area (TPSA) is 67.2 Å². The molecule has 0 N–H and O–H groups in total. The zero-order chi connectivity index (χ0) is 18.0. The van der Waals surface area contributed by atoms with E-state index in [1.807, 2.05) is 13.8 Å². The number of carbonyl (C=O) groups excluding carboxylic acids is 1. The van der Waals surface area contributed by atoms with Gasteiger partial charge in [-0.1, -0.05) is 11.6 Å². The molecule has 1 aliphatic heterocycles. The first-order valence-electron chi connectivity index (χ1n) is 8.19. The highest BCUT2D eigenvalue weighted by molar-refractivity contribution is 6.31. The van der Waals surface area contributed by atoms with E-state index in [0.717, 1.165) is 5.82 Å². The van der Waals surface area contributed by atoms with Crippen LogP contribution in [0.1, 0.15) is 36.1 Å². The normalized spacial score (nSPS) is 15.8. The number of tetrazole rings is 1. The summed E-state index contributed by atoms with van der Waals surface area (Å²) in [7, 11) is 0. The third kappa shape index (κ3) is 3.96. The molecule has 0 spiro atoms. The number of amides is 1. The molecule has 1 aromatic carbocycles. The molecule has 1 aromatic heterocycles. The van der Waals surface area contributed by atoms with Crippen molar-refractivity contribution in [1.82, 2.24) is 30.0 Å². The predicted octanol–water partition coefficient (Wildman–Crippen LogP) is 2.00. The van der Waals surface area contributed by atoms with Crippen molar-refractivity contribution < 1.29 is 9.18 Å². The van der Waals surface area contributed by atoms with Crippen LogP contribution in [0.5, 0.6) is 0 Å². The van der Waals surface area contributed by atoms with Crippen LogP contribution < -0.4 is 0 Å². The highest BCUT2D eigenvalue weighted by Gasteiger charge is 2.25. The highest BCUT2D eigenvalue weighted by Crippen LogP contribution is 2.18. The highest BCUT2D eigenvalue weighted by atomic mass is 35.5. The summed E-state index contributed by atoms with van der Waals surface area (Å²) in [5.74, 6) is -0.0738. The number of nitrogens with zero attached hydrogens (tertiary/aromatic N) is 6. The van der Waals surface area contributed by atoms with Crippen LogP contribution in [0.2, 0.25) is 5.02 Å². The largest absolute Gasteiger partial charge is 0.336 e. The van der Waals surface area contributed by atoms with Gasteiger partial charge in [0.25, 0.3) is 5.91 Å². The second-order valence-corrected chi connectivity index (χ2v) is 6.76. The quantitative estimate of drug-likeness (QED) is 0.828. The van der Waals surface area contributed by atoms with Crippen LogP contribution in [0.4, 0.5) is 4.39 Å². The molecule has 0 unspecified atom stereocenters. The Kier molecular flexibility index (Phi) is 5.29. The first-order chi connectivity index (χ1) is 12.0. The molecule has 0 atom stereocenters. The second kappa shape index (κ2) is 7.45. The van der Waals surface area contributed by atoms with Gasteiger partial charge in [-0.05, 0) is 42.5 Å². The Morgan fingerprint density at radius 3 is 2.68 bits per heavy atom. The van der Waals surface area contributed by atoms with Gasteiger partial charge in [0.15, 0.2) is 5.82 Å². The summed E-state index contributed by atoms with van der Waals surface area (Å²) in [6, 6.07) is 4.23. The molecule has 1 fully saturated rings. The van der Waals surface area contributed by atoms with Crippen LogP contribution in [0, 0.1) is 5.82 Å². The minimum Gasteiger partial charge on any atom is -0.336 e. The van der Waals surface area contributed by atoms with E-state index in [1.54, 1.807) is 9.58 Å². The van der Waals surface area contributed by atoms with Crippen molar-refractivity contribution in [3.05, 3.63) is 40.4 Å². The van der Waals surface area contributed by atoms with Crippen LogP contribution in [-0.2, 0) is 6.54 Å². The summed E-state index contributed by atoms with van der Waals surface area (Å²) in [6.45, 7) is 7.07. The molecule has 0 bridgehead atoms. The maximum atomic E-state index is 13.9. The standard InChI is InChI=1S/C16H20ClFN6O/c1-11(2)24-15(19-20-21-24)10-22-5-7-23(8-6-22)16(25)13-9-12(17)3-4-14(13)18/h3-4,9,11H,5-8,10H2,1-2H3. The summed E-state index contributed by atoms with van der Waals surface area (Å²) in [5.41, 5.74) is 0.0182. The van der Waals surface area contributed by atoms with Crippen molar-refractivity contribution in [1.29, 1.82) is 0 Å². The fourth-order valence-electron chi connectivity index (χ4n) is 2.86. The molecule has 0 saturated carbocycles. The van der Waals surface area contributed by atoms with Crippen molar-refractivity contribution in [3.63, 3.8) is 0 Å². The monoisotopic (exact) mass is 366 g/mol. The van der Waals surface area contributed by atoms with Crippen molar-refractivity contribution in [2.45, 2.75) is 26.4 Å². The maximum Gasteiger partial charge on any atom is 0.256 e. The Balaban J connectivity index is 1.61. The van der Waals surface area contributed by atoms with Gasteiger partial charge in [0.2, 0.25) is 0 Å². The van der Waals surface area contributed by atoms with E-state index < -0.39 is 5.82 Å². The lowest BCUT2D eigenvalue weighted by Gasteiger charge is -2.34. The molecule has 9 heteroatoms. The molecule has 134 valence electrons.